The number of thioether (sulfide) groups is 1. The summed E-state index contributed by atoms with van der Waals surface area (Å²) in [6.07, 6.45) is 3.11. The zero-order valence-corrected chi connectivity index (χ0v) is 17.8. The van der Waals surface area contributed by atoms with Gasteiger partial charge < -0.3 is 14.5 Å². The zero-order chi connectivity index (χ0) is 19.7. The van der Waals surface area contributed by atoms with Gasteiger partial charge in [-0.25, -0.2) is 14.8 Å². The summed E-state index contributed by atoms with van der Waals surface area (Å²) >= 11 is 3.29. The Balaban J connectivity index is 1.40. The van der Waals surface area contributed by atoms with Crippen LogP contribution in [-0.2, 0) is 22.4 Å². The first kappa shape index (κ1) is 19.4. The fourth-order valence-corrected chi connectivity index (χ4v) is 6.12. The molecule has 0 atom stereocenters. The Morgan fingerprint density at radius 3 is 2.64 bits per heavy atom. The molecule has 150 valence electrons. The van der Waals surface area contributed by atoms with E-state index >= 15 is 0 Å². The van der Waals surface area contributed by atoms with Crippen molar-refractivity contribution in [1.82, 2.24) is 19.8 Å². The molecule has 0 bridgehead atoms. The number of hydrogen-bond donors (Lipinski definition) is 0. The quantitative estimate of drug-likeness (QED) is 0.559. The van der Waals surface area contributed by atoms with E-state index in [1.807, 2.05) is 11.8 Å². The van der Waals surface area contributed by atoms with Gasteiger partial charge in [-0.05, 0) is 38.7 Å². The van der Waals surface area contributed by atoms with Gasteiger partial charge in [-0.15, -0.1) is 11.3 Å². The normalized spacial score (nSPS) is 16.5. The van der Waals surface area contributed by atoms with E-state index in [1.54, 1.807) is 23.2 Å². The van der Waals surface area contributed by atoms with Crippen LogP contribution in [-0.4, -0.2) is 70.3 Å². The lowest BCUT2D eigenvalue weighted by molar-refractivity contribution is -0.129. The third kappa shape index (κ3) is 3.82. The van der Waals surface area contributed by atoms with E-state index in [4.69, 9.17) is 4.74 Å². The summed E-state index contributed by atoms with van der Waals surface area (Å²) in [6.45, 7) is 6.20. The highest BCUT2D eigenvalue weighted by molar-refractivity contribution is 8.00. The standard InChI is InChI=1S/C19H24N4O3S2/c1-3-26-19(25)23-9-7-22(8-10-23)15(24)11-27-17-16-13-5-4-6-14(13)28-18(16)21-12(2)20-17/h3-11H2,1-2H3. The second kappa shape index (κ2) is 8.24. The van der Waals surface area contributed by atoms with Crippen LogP contribution in [0.4, 0.5) is 4.79 Å². The molecule has 1 aliphatic carbocycles. The van der Waals surface area contributed by atoms with Gasteiger partial charge in [0, 0.05) is 36.4 Å². The number of carbonyl (C=O) groups excluding carboxylic acids is 2. The Labute approximate surface area is 172 Å². The highest BCUT2D eigenvalue weighted by atomic mass is 32.2. The van der Waals surface area contributed by atoms with E-state index in [-0.39, 0.29) is 12.0 Å². The minimum Gasteiger partial charge on any atom is -0.450 e. The Morgan fingerprint density at radius 1 is 1.14 bits per heavy atom. The number of ether oxygens (including phenoxy) is 1. The van der Waals surface area contributed by atoms with E-state index in [1.165, 1.54) is 28.6 Å². The molecule has 1 saturated heterocycles. The lowest BCUT2D eigenvalue weighted by atomic mass is 10.2. The molecule has 2 aliphatic rings. The van der Waals surface area contributed by atoms with E-state index < -0.39 is 0 Å². The minimum absolute atomic E-state index is 0.0878. The van der Waals surface area contributed by atoms with E-state index in [2.05, 4.69) is 9.97 Å². The lowest BCUT2D eigenvalue weighted by Gasteiger charge is -2.34. The number of thiophene rings is 1. The van der Waals surface area contributed by atoms with Crippen molar-refractivity contribution >= 4 is 45.3 Å². The number of amides is 2. The molecule has 2 amide bonds. The highest BCUT2D eigenvalue weighted by Crippen LogP contribution is 2.40. The van der Waals surface area contributed by atoms with E-state index in [0.717, 1.165) is 33.9 Å². The predicted molar refractivity (Wildman–Crippen MR) is 110 cm³/mol. The first-order valence-corrected chi connectivity index (χ1v) is 11.5. The first-order valence-electron chi connectivity index (χ1n) is 9.68. The number of aromatic nitrogens is 2. The molecule has 0 N–H and O–H groups in total. The molecule has 0 unspecified atom stereocenters. The van der Waals surface area contributed by atoms with Crippen LogP contribution in [0.15, 0.2) is 5.03 Å². The topological polar surface area (TPSA) is 75.6 Å². The molecule has 2 aromatic rings. The molecular formula is C19H24N4O3S2. The van der Waals surface area contributed by atoms with Crippen LogP contribution in [0.2, 0.25) is 0 Å². The van der Waals surface area contributed by atoms with Crippen LogP contribution in [0.3, 0.4) is 0 Å². The Bertz CT molecular complexity index is 906. The Morgan fingerprint density at radius 2 is 1.89 bits per heavy atom. The van der Waals surface area contributed by atoms with Crippen molar-refractivity contribution in [3.8, 4) is 0 Å². The maximum atomic E-state index is 12.7. The van der Waals surface area contributed by atoms with Crippen LogP contribution in [0.5, 0.6) is 0 Å². The summed E-state index contributed by atoms with van der Waals surface area (Å²) < 4.78 is 5.03. The molecule has 0 spiro atoms. The number of aryl methyl sites for hydroxylation is 3. The number of rotatable bonds is 4. The van der Waals surface area contributed by atoms with Crippen LogP contribution in [0.25, 0.3) is 10.2 Å². The fourth-order valence-electron chi connectivity index (χ4n) is 3.74. The van der Waals surface area contributed by atoms with Gasteiger partial charge in [0.2, 0.25) is 5.91 Å². The molecule has 1 aliphatic heterocycles. The van der Waals surface area contributed by atoms with Crippen molar-refractivity contribution in [3.05, 3.63) is 16.3 Å². The van der Waals surface area contributed by atoms with Crippen LogP contribution < -0.4 is 0 Å². The van der Waals surface area contributed by atoms with Crippen molar-refractivity contribution < 1.29 is 14.3 Å². The molecule has 28 heavy (non-hydrogen) atoms. The fraction of sp³-hybridized carbons (Fsp3) is 0.579. The molecule has 0 radical (unpaired) electrons. The van der Waals surface area contributed by atoms with Crippen molar-refractivity contribution in [1.29, 1.82) is 0 Å². The monoisotopic (exact) mass is 420 g/mol. The van der Waals surface area contributed by atoms with Crippen LogP contribution in [0.1, 0.15) is 29.6 Å². The predicted octanol–water partition coefficient (Wildman–Crippen LogP) is 2.88. The van der Waals surface area contributed by atoms with E-state index in [9.17, 15) is 9.59 Å². The molecule has 4 rings (SSSR count). The summed E-state index contributed by atoms with van der Waals surface area (Å²) in [5, 5.41) is 2.09. The molecule has 0 aromatic carbocycles. The van der Waals surface area contributed by atoms with Gasteiger partial charge in [-0.3, -0.25) is 4.79 Å². The smallest absolute Gasteiger partial charge is 0.409 e. The lowest BCUT2D eigenvalue weighted by Crippen LogP contribution is -2.51. The molecule has 0 saturated carbocycles. The van der Waals surface area contributed by atoms with Gasteiger partial charge in [0.15, 0.2) is 0 Å². The van der Waals surface area contributed by atoms with Gasteiger partial charge in [0.25, 0.3) is 0 Å². The molecule has 9 heteroatoms. The number of nitrogens with zero attached hydrogens (tertiary/aromatic N) is 4. The highest BCUT2D eigenvalue weighted by Gasteiger charge is 2.26. The second-order valence-corrected chi connectivity index (χ2v) is 9.02. The molecule has 2 aromatic heterocycles. The van der Waals surface area contributed by atoms with Crippen molar-refractivity contribution in [2.75, 3.05) is 38.5 Å². The molecular weight excluding hydrogens is 396 g/mol. The number of hydrogen-bond acceptors (Lipinski definition) is 7. The zero-order valence-electron chi connectivity index (χ0n) is 16.2. The van der Waals surface area contributed by atoms with Crippen molar-refractivity contribution in [2.24, 2.45) is 0 Å². The average molecular weight is 421 g/mol. The Kier molecular flexibility index (Phi) is 5.73. The van der Waals surface area contributed by atoms with E-state index in [0.29, 0.717) is 38.5 Å². The van der Waals surface area contributed by atoms with Crippen molar-refractivity contribution in [3.63, 3.8) is 0 Å². The first-order chi connectivity index (χ1) is 13.6. The van der Waals surface area contributed by atoms with Crippen LogP contribution in [0, 0.1) is 6.92 Å². The third-order valence-electron chi connectivity index (χ3n) is 5.13. The average Bonchev–Trinajstić information content (AvgIpc) is 3.26. The summed E-state index contributed by atoms with van der Waals surface area (Å²) in [4.78, 5) is 39.7. The van der Waals surface area contributed by atoms with Gasteiger partial charge in [0.1, 0.15) is 15.7 Å². The Hall–Kier alpha value is -1.87. The largest absolute Gasteiger partial charge is 0.450 e. The SMILES string of the molecule is CCOC(=O)N1CCN(C(=O)CSc2nc(C)nc3sc4c(c23)CCC4)CC1. The summed E-state index contributed by atoms with van der Waals surface area (Å²) in [7, 11) is 0. The minimum atomic E-state index is -0.297. The van der Waals surface area contributed by atoms with Gasteiger partial charge in [0.05, 0.1) is 12.4 Å². The van der Waals surface area contributed by atoms with Crippen molar-refractivity contribution in [2.45, 2.75) is 38.1 Å². The number of piperazine rings is 1. The molecule has 7 nitrogen and oxygen atoms in total. The third-order valence-corrected chi connectivity index (χ3v) is 7.28. The number of fused-ring (bicyclic) bond motifs is 3. The maximum Gasteiger partial charge on any atom is 0.409 e. The molecule has 1 fully saturated rings. The number of carbonyl (C=O) groups is 2. The second-order valence-electron chi connectivity index (χ2n) is 6.97. The summed E-state index contributed by atoms with van der Waals surface area (Å²) in [5.41, 5.74) is 1.39. The van der Waals surface area contributed by atoms with Crippen LogP contribution >= 0.6 is 23.1 Å². The summed E-state index contributed by atoms with van der Waals surface area (Å²) in [5.74, 6) is 1.20. The maximum absolute atomic E-state index is 12.7. The summed E-state index contributed by atoms with van der Waals surface area (Å²) in [6, 6.07) is 0. The van der Waals surface area contributed by atoms with Gasteiger partial charge >= 0.3 is 6.09 Å². The van der Waals surface area contributed by atoms with Gasteiger partial charge in [-0.2, -0.15) is 0 Å². The van der Waals surface area contributed by atoms with Gasteiger partial charge in [-0.1, -0.05) is 11.8 Å². The molecule has 3 heterocycles.